The molecule has 0 unspecified atom stereocenters. The van der Waals surface area contributed by atoms with Crippen molar-refractivity contribution in [3.05, 3.63) is 46.6 Å². The Morgan fingerprint density at radius 3 is 2.60 bits per heavy atom. The van der Waals surface area contributed by atoms with Crippen molar-refractivity contribution in [3.8, 4) is 5.82 Å². The van der Waals surface area contributed by atoms with Gasteiger partial charge in [0.05, 0.1) is 29.2 Å². The molecule has 35 heavy (non-hydrogen) atoms. The van der Waals surface area contributed by atoms with Crippen LogP contribution in [0, 0.1) is 12.8 Å². The Morgan fingerprint density at radius 1 is 1.20 bits per heavy atom. The molecule has 2 saturated heterocycles. The van der Waals surface area contributed by atoms with Crippen molar-refractivity contribution in [1.82, 2.24) is 19.9 Å². The largest absolute Gasteiger partial charge is 0.417 e. The number of aromatic nitrogens is 3. The highest BCUT2D eigenvalue weighted by molar-refractivity contribution is 6.32. The number of halogens is 4. The zero-order valence-electron chi connectivity index (χ0n) is 19.1. The number of fused-ring (bicyclic) bond motifs is 1. The number of carbonyl (C=O) groups is 1. The number of amides is 1. The molecule has 3 aromatic rings. The van der Waals surface area contributed by atoms with Gasteiger partial charge >= 0.3 is 6.18 Å². The van der Waals surface area contributed by atoms with Crippen LogP contribution in [0.3, 0.4) is 0 Å². The smallest absolute Gasteiger partial charge is 0.379 e. The molecule has 2 aliphatic heterocycles. The molecule has 186 valence electrons. The second-order valence-electron chi connectivity index (χ2n) is 9.07. The fourth-order valence-electron chi connectivity index (χ4n) is 4.62. The molecule has 2 aromatic heterocycles. The van der Waals surface area contributed by atoms with Gasteiger partial charge in [0.15, 0.2) is 0 Å². The molecule has 7 nitrogen and oxygen atoms in total. The summed E-state index contributed by atoms with van der Waals surface area (Å²) in [6.07, 6.45) is -1.53. The maximum absolute atomic E-state index is 13.1. The third-order valence-corrected chi connectivity index (χ3v) is 7.05. The van der Waals surface area contributed by atoms with Crippen LogP contribution < -0.4 is 10.2 Å². The monoisotopic (exact) mass is 507 g/mol. The number of nitrogens with one attached hydrogen (secondary N) is 1. The molecule has 0 bridgehead atoms. The van der Waals surface area contributed by atoms with Crippen LogP contribution in [-0.4, -0.2) is 52.8 Å². The number of benzene rings is 1. The average molecular weight is 508 g/mol. The molecule has 0 saturated carbocycles. The highest BCUT2D eigenvalue weighted by Crippen LogP contribution is 2.34. The molecular formula is C24H25ClF3N5O2. The Morgan fingerprint density at radius 2 is 1.97 bits per heavy atom. The van der Waals surface area contributed by atoms with E-state index in [4.69, 9.17) is 21.3 Å². The van der Waals surface area contributed by atoms with E-state index in [-0.39, 0.29) is 17.9 Å². The van der Waals surface area contributed by atoms with E-state index in [0.29, 0.717) is 67.0 Å². The van der Waals surface area contributed by atoms with Crippen LogP contribution in [0.5, 0.6) is 0 Å². The first-order valence-electron chi connectivity index (χ1n) is 11.6. The number of imidazole rings is 1. The summed E-state index contributed by atoms with van der Waals surface area (Å²) >= 11 is 6.32. The lowest BCUT2D eigenvalue weighted by Gasteiger charge is -2.32. The molecule has 0 radical (unpaired) electrons. The Bertz CT molecular complexity index is 1230. The van der Waals surface area contributed by atoms with Crippen molar-refractivity contribution in [2.75, 3.05) is 31.2 Å². The zero-order valence-corrected chi connectivity index (χ0v) is 19.9. The maximum Gasteiger partial charge on any atom is 0.417 e. The third kappa shape index (κ3) is 4.81. The minimum Gasteiger partial charge on any atom is -0.379 e. The van der Waals surface area contributed by atoms with Gasteiger partial charge in [0.25, 0.3) is 0 Å². The van der Waals surface area contributed by atoms with Crippen LogP contribution in [0.25, 0.3) is 16.9 Å². The first kappa shape index (κ1) is 23.9. The minimum absolute atomic E-state index is 0.0421. The highest BCUT2D eigenvalue weighted by atomic mass is 35.5. The lowest BCUT2D eigenvalue weighted by molar-refractivity contribution is -0.137. The average Bonchev–Trinajstić information content (AvgIpc) is 3.47. The molecule has 5 rings (SSSR count). The van der Waals surface area contributed by atoms with Gasteiger partial charge in [0.2, 0.25) is 11.9 Å². The predicted octanol–water partition coefficient (Wildman–Crippen LogP) is 4.52. The lowest BCUT2D eigenvalue weighted by atomic mass is 9.95. The van der Waals surface area contributed by atoms with Crippen molar-refractivity contribution >= 4 is 34.5 Å². The van der Waals surface area contributed by atoms with Gasteiger partial charge < -0.3 is 15.0 Å². The number of alkyl halides is 3. The van der Waals surface area contributed by atoms with Gasteiger partial charge in [0.1, 0.15) is 5.82 Å². The number of nitrogens with zero attached hydrogens (tertiary/aromatic N) is 4. The second kappa shape index (κ2) is 9.31. The molecule has 2 fully saturated rings. The van der Waals surface area contributed by atoms with Gasteiger partial charge in [-0.15, -0.1) is 0 Å². The number of aryl methyl sites for hydroxylation is 1. The lowest BCUT2D eigenvalue weighted by Crippen LogP contribution is -2.44. The summed E-state index contributed by atoms with van der Waals surface area (Å²) in [4.78, 5) is 23.6. The van der Waals surface area contributed by atoms with Gasteiger partial charge in [0, 0.05) is 36.8 Å². The number of carbonyl (C=O) groups excluding carboxylic acids is 1. The highest BCUT2D eigenvalue weighted by Gasteiger charge is 2.32. The van der Waals surface area contributed by atoms with Gasteiger partial charge in [-0.2, -0.15) is 13.2 Å². The van der Waals surface area contributed by atoms with Gasteiger partial charge in [-0.1, -0.05) is 11.6 Å². The number of anilines is 1. The number of ether oxygens (including phenoxy) is 1. The molecule has 4 heterocycles. The van der Waals surface area contributed by atoms with Crippen LogP contribution in [0.1, 0.15) is 30.4 Å². The number of hydrogen-bond donors (Lipinski definition) is 1. The summed E-state index contributed by atoms with van der Waals surface area (Å²) in [5, 5.41) is 3.63. The van der Waals surface area contributed by atoms with Crippen molar-refractivity contribution in [1.29, 1.82) is 0 Å². The van der Waals surface area contributed by atoms with Crippen molar-refractivity contribution in [3.63, 3.8) is 0 Å². The van der Waals surface area contributed by atoms with Crippen LogP contribution in [0.15, 0.2) is 30.5 Å². The first-order valence-corrected chi connectivity index (χ1v) is 11.9. The maximum atomic E-state index is 13.1. The van der Waals surface area contributed by atoms with Crippen molar-refractivity contribution in [2.24, 2.45) is 5.92 Å². The summed E-state index contributed by atoms with van der Waals surface area (Å²) in [6, 6.07) is 6.05. The Hall–Kier alpha value is -2.85. The summed E-state index contributed by atoms with van der Waals surface area (Å²) in [5.74, 6) is 0.835. The van der Waals surface area contributed by atoms with E-state index in [9.17, 15) is 18.0 Å². The molecule has 1 N–H and O–H groups in total. The van der Waals surface area contributed by atoms with Gasteiger partial charge in [-0.3, -0.25) is 9.36 Å². The number of pyridine rings is 1. The fraction of sp³-hybridized carbons (Fsp3) is 0.458. The molecule has 1 amide bonds. The topological polar surface area (TPSA) is 72.3 Å². The number of piperidine rings is 1. The Kier molecular flexibility index (Phi) is 6.35. The van der Waals surface area contributed by atoms with Crippen LogP contribution in [-0.2, 0) is 15.7 Å². The quantitative estimate of drug-likeness (QED) is 0.562. The molecule has 2 aliphatic rings. The fourth-order valence-corrected chi connectivity index (χ4v) is 4.78. The number of rotatable bonds is 4. The van der Waals surface area contributed by atoms with E-state index in [1.807, 2.05) is 17.9 Å². The van der Waals surface area contributed by atoms with Crippen molar-refractivity contribution in [2.45, 2.75) is 38.4 Å². The second-order valence-corrected chi connectivity index (χ2v) is 9.48. The number of hydrogen-bond acceptors (Lipinski definition) is 5. The van der Waals surface area contributed by atoms with Gasteiger partial charge in [-0.05, 0) is 56.0 Å². The van der Waals surface area contributed by atoms with Crippen LogP contribution in [0.4, 0.5) is 19.1 Å². The van der Waals surface area contributed by atoms with Gasteiger partial charge in [-0.25, -0.2) is 9.97 Å². The predicted molar refractivity (Wildman–Crippen MR) is 126 cm³/mol. The minimum atomic E-state index is -4.47. The van der Waals surface area contributed by atoms with Crippen LogP contribution in [0.2, 0.25) is 5.02 Å². The summed E-state index contributed by atoms with van der Waals surface area (Å²) in [7, 11) is 0. The Balaban J connectivity index is 1.43. The normalized spacial score (nSPS) is 19.5. The summed E-state index contributed by atoms with van der Waals surface area (Å²) in [5.41, 5.74) is 1.34. The van der Waals surface area contributed by atoms with E-state index < -0.39 is 11.7 Å². The Labute approximate surface area is 205 Å². The first-order chi connectivity index (χ1) is 16.7. The van der Waals surface area contributed by atoms with E-state index >= 15 is 0 Å². The standard InChI is InChI=1S/C24H25ClF3N5O2/c1-14-10-20-19(11-18(14)25)31-23(33(20)21-3-2-16(12-29-21)24(26,27)28)32-7-4-15(5-8-32)22(34)30-17-6-9-35-13-17/h2-3,10-12,15,17H,4-9,13H2,1H3,(H,30,34)/t17-/m1/s1. The van der Waals surface area contributed by atoms with Crippen molar-refractivity contribution < 1.29 is 22.7 Å². The van der Waals surface area contributed by atoms with Crippen LogP contribution >= 0.6 is 11.6 Å². The van der Waals surface area contributed by atoms with E-state index in [1.54, 1.807) is 10.6 Å². The van der Waals surface area contributed by atoms with E-state index in [2.05, 4.69) is 10.3 Å². The molecule has 11 heteroatoms. The molecule has 0 spiro atoms. The molecular weight excluding hydrogens is 483 g/mol. The molecule has 1 aromatic carbocycles. The summed E-state index contributed by atoms with van der Waals surface area (Å²) < 4.78 is 46.4. The molecule has 1 atom stereocenters. The van der Waals surface area contributed by atoms with E-state index in [1.165, 1.54) is 6.07 Å². The summed E-state index contributed by atoms with van der Waals surface area (Å²) in [6.45, 7) is 4.24. The van der Waals surface area contributed by atoms with E-state index in [0.717, 1.165) is 24.2 Å². The zero-order chi connectivity index (χ0) is 24.7. The molecule has 0 aliphatic carbocycles. The third-order valence-electron chi connectivity index (χ3n) is 6.65. The SMILES string of the molecule is Cc1cc2c(cc1Cl)nc(N1CCC(C(=O)N[C@@H]3CCOC3)CC1)n2-c1ccc(C(F)(F)F)cn1.